The van der Waals surface area contributed by atoms with E-state index in [-0.39, 0.29) is 35.5 Å². The van der Waals surface area contributed by atoms with Crippen LogP contribution in [-0.2, 0) is 11.3 Å². The first kappa shape index (κ1) is 22.0. The number of benzene rings is 1. The summed E-state index contributed by atoms with van der Waals surface area (Å²) in [4.78, 5) is 12.3. The molecule has 1 aromatic heterocycles. The van der Waals surface area contributed by atoms with Crippen LogP contribution in [0.3, 0.4) is 0 Å². The minimum absolute atomic E-state index is 0.0106. The van der Waals surface area contributed by atoms with Crippen molar-refractivity contribution in [3.8, 4) is 11.5 Å². The third-order valence-corrected chi connectivity index (χ3v) is 6.29. The molecule has 2 heterocycles. The summed E-state index contributed by atoms with van der Waals surface area (Å²) in [7, 11) is 0. The van der Waals surface area contributed by atoms with Crippen LogP contribution in [0.25, 0.3) is 0 Å². The number of nitrogens with one attached hydrogen (secondary N) is 3. The average molecular weight is 469 g/mol. The van der Waals surface area contributed by atoms with E-state index >= 15 is 0 Å². The zero-order valence-electron chi connectivity index (χ0n) is 17.8. The first-order chi connectivity index (χ1) is 15.5. The number of carbonyl (C=O) groups excluding carboxylic acids is 1. The third kappa shape index (κ3) is 4.36. The highest BCUT2D eigenvalue weighted by Crippen LogP contribution is 2.61. The number of amides is 1. The molecule has 3 saturated carbocycles. The molecule has 0 radical (unpaired) electrons. The second-order valence-electron chi connectivity index (χ2n) is 9.03. The standard InChI is InChI=1S/C21H23F4N5O3/c1-12-6-15-18(26-4-5-30(15)29-12)28-20-9-19(10-20,11-20)27-17(31)8-32-13-2-3-16(14(22)7-13)33-21(23,24)25/h2-3,6-7,18,26,28H,4-5,8-11H2,1H3,(H,27,31). The van der Waals surface area contributed by atoms with Gasteiger partial charge in [0.25, 0.3) is 5.91 Å². The van der Waals surface area contributed by atoms with Gasteiger partial charge in [-0.1, -0.05) is 0 Å². The Balaban J connectivity index is 1.09. The lowest BCUT2D eigenvalue weighted by atomic mass is 9.44. The third-order valence-electron chi connectivity index (χ3n) is 6.29. The first-order valence-electron chi connectivity index (χ1n) is 10.6. The fraction of sp³-hybridized carbons (Fsp3) is 0.524. The van der Waals surface area contributed by atoms with E-state index < -0.39 is 17.9 Å². The molecule has 1 unspecified atom stereocenters. The molecule has 3 aliphatic carbocycles. The fourth-order valence-electron chi connectivity index (χ4n) is 5.16. The Morgan fingerprint density at radius 3 is 2.73 bits per heavy atom. The van der Waals surface area contributed by atoms with Crippen LogP contribution in [0, 0.1) is 12.7 Å². The highest BCUT2D eigenvalue weighted by atomic mass is 19.4. The zero-order chi connectivity index (χ0) is 23.4. The predicted molar refractivity (Wildman–Crippen MR) is 107 cm³/mol. The van der Waals surface area contributed by atoms with Gasteiger partial charge in [-0.15, -0.1) is 13.2 Å². The molecule has 12 heteroatoms. The van der Waals surface area contributed by atoms with Gasteiger partial charge in [0.15, 0.2) is 18.2 Å². The van der Waals surface area contributed by atoms with Gasteiger partial charge in [-0.3, -0.25) is 20.1 Å². The Labute approximate surface area is 186 Å². The van der Waals surface area contributed by atoms with Crippen molar-refractivity contribution in [1.29, 1.82) is 0 Å². The summed E-state index contributed by atoms with van der Waals surface area (Å²) in [6, 6.07) is 4.73. The molecule has 2 bridgehead atoms. The zero-order valence-corrected chi connectivity index (χ0v) is 17.8. The molecule has 178 valence electrons. The lowest BCUT2D eigenvalue weighted by Crippen LogP contribution is -2.84. The normalized spacial score (nSPS) is 27.7. The van der Waals surface area contributed by atoms with E-state index in [1.807, 2.05) is 11.6 Å². The number of ether oxygens (including phenoxy) is 2. The maximum absolute atomic E-state index is 13.8. The van der Waals surface area contributed by atoms with Crippen LogP contribution in [-0.4, -0.2) is 46.3 Å². The number of alkyl halides is 3. The summed E-state index contributed by atoms with van der Waals surface area (Å²) in [5, 5.41) is 14.6. The summed E-state index contributed by atoms with van der Waals surface area (Å²) in [6.07, 6.45) is -2.62. The van der Waals surface area contributed by atoms with Crippen molar-refractivity contribution in [3.63, 3.8) is 0 Å². The first-order valence-corrected chi connectivity index (χ1v) is 10.6. The molecule has 3 fully saturated rings. The van der Waals surface area contributed by atoms with Gasteiger partial charge < -0.3 is 14.8 Å². The van der Waals surface area contributed by atoms with E-state index in [0.717, 1.165) is 61.9 Å². The molecular formula is C21H23F4N5O3. The lowest BCUT2D eigenvalue weighted by molar-refractivity contribution is -0.275. The van der Waals surface area contributed by atoms with Gasteiger partial charge in [-0.2, -0.15) is 5.10 Å². The Morgan fingerprint density at radius 1 is 1.27 bits per heavy atom. The molecule has 1 amide bonds. The van der Waals surface area contributed by atoms with Crippen LogP contribution in [0.4, 0.5) is 17.6 Å². The van der Waals surface area contributed by atoms with E-state index in [1.54, 1.807) is 0 Å². The van der Waals surface area contributed by atoms with Crippen molar-refractivity contribution in [2.45, 2.75) is 56.3 Å². The van der Waals surface area contributed by atoms with Crippen molar-refractivity contribution in [1.82, 2.24) is 25.7 Å². The smallest absolute Gasteiger partial charge is 0.484 e. The van der Waals surface area contributed by atoms with Crippen LogP contribution in [0.2, 0.25) is 0 Å². The molecule has 33 heavy (non-hydrogen) atoms. The fourth-order valence-corrected chi connectivity index (χ4v) is 5.16. The monoisotopic (exact) mass is 469 g/mol. The number of halogens is 4. The van der Waals surface area contributed by atoms with Gasteiger partial charge in [0.05, 0.1) is 17.9 Å². The van der Waals surface area contributed by atoms with E-state index in [1.165, 1.54) is 0 Å². The highest BCUT2D eigenvalue weighted by molar-refractivity contribution is 5.79. The second kappa shape index (κ2) is 7.59. The van der Waals surface area contributed by atoms with Crippen molar-refractivity contribution < 1.29 is 31.8 Å². The van der Waals surface area contributed by atoms with Crippen LogP contribution >= 0.6 is 0 Å². The Kier molecular flexibility index (Phi) is 5.05. The molecule has 1 aliphatic heterocycles. The minimum Gasteiger partial charge on any atom is -0.484 e. The summed E-state index contributed by atoms with van der Waals surface area (Å²) in [5.74, 6) is -2.63. The molecule has 4 aliphatic rings. The minimum atomic E-state index is -4.99. The van der Waals surface area contributed by atoms with Gasteiger partial charge in [0.2, 0.25) is 0 Å². The molecule has 3 N–H and O–H groups in total. The molecular weight excluding hydrogens is 446 g/mol. The van der Waals surface area contributed by atoms with Crippen LogP contribution in [0.1, 0.15) is 36.8 Å². The van der Waals surface area contributed by atoms with Crippen molar-refractivity contribution in [2.75, 3.05) is 13.2 Å². The van der Waals surface area contributed by atoms with Crippen LogP contribution < -0.4 is 25.4 Å². The second-order valence-corrected chi connectivity index (χ2v) is 9.03. The predicted octanol–water partition coefficient (Wildman–Crippen LogP) is 2.29. The summed E-state index contributed by atoms with van der Waals surface area (Å²) in [6.45, 7) is 3.25. The topological polar surface area (TPSA) is 89.4 Å². The van der Waals surface area contributed by atoms with Crippen LogP contribution in [0.15, 0.2) is 24.3 Å². The molecule has 2 aromatic rings. The SMILES string of the molecule is Cc1cc2n(n1)CCNC2NC12CC(NC(=O)COc3ccc(OC(F)(F)F)c(F)c3)(C1)C2. The molecule has 6 rings (SSSR count). The van der Waals surface area contributed by atoms with Crippen LogP contribution in [0.5, 0.6) is 11.5 Å². The Bertz CT molecular complexity index is 1070. The van der Waals surface area contributed by atoms with Crippen molar-refractivity contribution in [2.24, 2.45) is 0 Å². The number of hydrogen-bond donors (Lipinski definition) is 3. The van der Waals surface area contributed by atoms with E-state index in [9.17, 15) is 22.4 Å². The largest absolute Gasteiger partial charge is 0.573 e. The highest BCUT2D eigenvalue weighted by Gasteiger charge is 2.69. The Hall–Kier alpha value is -2.86. The van der Waals surface area contributed by atoms with Gasteiger partial charge >= 0.3 is 6.36 Å². The number of nitrogens with zero attached hydrogens (tertiary/aromatic N) is 2. The summed E-state index contributed by atoms with van der Waals surface area (Å²) in [5.41, 5.74) is 1.76. The molecule has 0 spiro atoms. The lowest BCUT2D eigenvalue weighted by Gasteiger charge is -2.71. The molecule has 8 nitrogen and oxygen atoms in total. The Morgan fingerprint density at radius 2 is 2.03 bits per heavy atom. The maximum atomic E-state index is 13.8. The van der Waals surface area contributed by atoms with E-state index in [0.29, 0.717) is 0 Å². The number of aryl methyl sites for hydroxylation is 1. The van der Waals surface area contributed by atoms with Crippen molar-refractivity contribution in [3.05, 3.63) is 41.5 Å². The average Bonchev–Trinajstić information content (AvgIpc) is 3.06. The maximum Gasteiger partial charge on any atom is 0.573 e. The van der Waals surface area contributed by atoms with Gasteiger partial charge in [0.1, 0.15) is 11.9 Å². The number of aromatic nitrogens is 2. The number of rotatable bonds is 7. The summed E-state index contributed by atoms with van der Waals surface area (Å²) >= 11 is 0. The molecule has 0 saturated heterocycles. The number of hydrogen-bond acceptors (Lipinski definition) is 6. The van der Waals surface area contributed by atoms with Gasteiger partial charge in [-0.05, 0) is 44.4 Å². The quantitative estimate of drug-likeness (QED) is 0.540. The van der Waals surface area contributed by atoms with Crippen molar-refractivity contribution >= 4 is 5.91 Å². The molecule has 1 aromatic carbocycles. The molecule has 1 atom stereocenters. The number of carbonyl (C=O) groups is 1. The van der Waals surface area contributed by atoms with Gasteiger partial charge in [0, 0.05) is 23.7 Å². The van der Waals surface area contributed by atoms with E-state index in [2.05, 4.69) is 31.9 Å². The van der Waals surface area contributed by atoms with E-state index in [4.69, 9.17) is 4.74 Å². The number of fused-ring (bicyclic) bond motifs is 1. The van der Waals surface area contributed by atoms with Gasteiger partial charge in [-0.25, -0.2) is 4.39 Å². The summed E-state index contributed by atoms with van der Waals surface area (Å²) < 4.78 is 61.2.